The van der Waals surface area contributed by atoms with Crippen molar-refractivity contribution in [1.29, 1.82) is 0 Å². The molecule has 1 fully saturated rings. The van der Waals surface area contributed by atoms with Crippen LogP contribution in [0.2, 0.25) is 0 Å². The molecule has 176 valence electrons. The number of allylic oxidation sites excluding steroid dienone is 2. The molecule has 0 aromatic carbocycles. The van der Waals surface area contributed by atoms with Crippen molar-refractivity contribution in [3.63, 3.8) is 0 Å². The van der Waals surface area contributed by atoms with E-state index in [9.17, 15) is 15.0 Å². The molecule has 0 aliphatic carbocycles. The zero-order valence-corrected chi connectivity index (χ0v) is 19.7. The molecule has 0 aromatic heterocycles. The normalized spacial score (nSPS) is 24.1. The van der Waals surface area contributed by atoms with Gasteiger partial charge in [-0.15, -0.1) is 0 Å². The number of hydrogen-bond acceptors (Lipinski definition) is 4. The summed E-state index contributed by atoms with van der Waals surface area (Å²) in [7, 11) is 0. The van der Waals surface area contributed by atoms with Gasteiger partial charge in [-0.3, -0.25) is 4.79 Å². The maximum atomic E-state index is 11.7. The number of aliphatic hydroxyl groups excluding tert-OH is 2. The Kier molecular flexibility index (Phi) is 15.2. The van der Waals surface area contributed by atoms with Crippen molar-refractivity contribution in [2.75, 3.05) is 6.61 Å². The maximum absolute atomic E-state index is 11.7. The van der Waals surface area contributed by atoms with E-state index in [2.05, 4.69) is 19.1 Å². The zero-order chi connectivity index (χ0) is 22.1. The maximum Gasteiger partial charge on any atom is 0.314 e. The van der Waals surface area contributed by atoms with Gasteiger partial charge in [0.05, 0.1) is 6.61 Å². The number of hydrogen-bond donors (Lipinski definition) is 2. The second kappa shape index (κ2) is 16.8. The lowest BCUT2D eigenvalue weighted by Crippen LogP contribution is -2.39. The average molecular weight is 425 g/mol. The highest BCUT2D eigenvalue weighted by molar-refractivity contribution is 5.76. The van der Waals surface area contributed by atoms with E-state index in [0.29, 0.717) is 6.42 Å². The summed E-state index contributed by atoms with van der Waals surface area (Å²) >= 11 is 0. The fraction of sp³-hybridized carbons (Fsp3) is 0.885. The Balaban J connectivity index is 1.84. The lowest BCUT2D eigenvalue weighted by Gasteiger charge is -2.27. The quantitative estimate of drug-likeness (QED) is 0.141. The largest absolute Gasteiger partial charge is 0.456 e. The lowest BCUT2D eigenvalue weighted by molar-refractivity contribution is -0.151. The van der Waals surface area contributed by atoms with E-state index in [0.717, 1.165) is 19.3 Å². The van der Waals surface area contributed by atoms with Gasteiger partial charge in [0.1, 0.15) is 17.6 Å². The standard InChI is InChI=1S/C26H48O4/c1-3-4-5-6-7-8-9-10-11-12-13-14-15-16-17-18-19-20-21-26(2)24(28)23(22-27)25(29)30-26/h4-5,23-24,27-28H,3,6-22H2,1-2H3/b5-4+/t23-,24-,26+/m0/s1. The number of carbonyl (C=O) groups excluding carboxylic acids is 1. The molecular formula is C26H48O4. The van der Waals surface area contributed by atoms with Crippen molar-refractivity contribution in [3.05, 3.63) is 12.2 Å². The van der Waals surface area contributed by atoms with Crippen LogP contribution in [0.3, 0.4) is 0 Å². The molecule has 0 radical (unpaired) electrons. The number of carbonyl (C=O) groups is 1. The van der Waals surface area contributed by atoms with E-state index in [-0.39, 0.29) is 6.61 Å². The van der Waals surface area contributed by atoms with Crippen molar-refractivity contribution < 1.29 is 19.7 Å². The van der Waals surface area contributed by atoms with Crippen molar-refractivity contribution >= 4 is 5.97 Å². The minimum Gasteiger partial charge on any atom is -0.456 e. The molecule has 1 heterocycles. The van der Waals surface area contributed by atoms with Gasteiger partial charge in [0.15, 0.2) is 0 Å². The molecule has 4 heteroatoms. The third-order valence-electron chi connectivity index (χ3n) is 6.54. The monoisotopic (exact) mass is 424 g/mol. The van der Waals surface area contributed by atoms with Gasteiger partial charge < -0.3 is 14.9 Å². The van der Waals surface area contributed by atoms with Crippen molar-refractivity contribution in [2.45, 2.75) is 135 Å². The predicted molar refractivity (Wildman–Crippen MR) is 124 cm³/mol. The van der Waals surface area contributed by atoms with Crippen LogP contribution in [0.25, 0.3) is 0 Å². The molecule has 0 aromatic rings. The topological polar surface area (TPSA) is 66.8 Å². The van der Waals surface area contributed by atoms with Gasteiger partial charge in [-0.1, -0.05) is 96.1 Å². The zero-order valence-electron chi connectivity index (χ0n) is 19.7. The molecule has 0 unspecified atom stereocenters. The third-order valence-corrected chi connectivity index (χ3v) is 6.54. The molecule has 30 heavy (non-hydrogen) atoms. The number of ether oxygens (including phenoxy) is 1. The van der Waals surface area contributed by atoms with E-state index >= 15 is 0 Å². The predicted octanol–water partition coefficient (Wildman–Crippen LogP) is 6.48. The first-order valence-corrected chi connectivity index (χ1v) is 12.7. The highest BCUT2D eigenvalue weighted by Crippen LogP contribution is 2.35. The molecule has 1 rings (SSSR count). The number of esters is 1. The van der Waals surface area contributed by atoms with Crippen molar-refractivity contribution in [3.8, 4) is 0 Å². The molecule has 4 nitrogen and oxygen atoms in total. The smallest absolute Gasteiger partial charge is 0.314 e. The number of rotatable bonds is 19. The van der Waals surface area contributed by atoms with Crippen LogP contribution in [0.4, 0.5) is 0 Å². The van der Waals surface area contributed by atoms with Crippen LogP contribution in [-0.4, -0.2) is 34.5 Å². The lowest BCUT2D eigenvalue weighted by atomic mass is 9.87. The summed E-state index contributed by atoms with van der Waals surface area (Å²) in [6.45, 7) is 3.64. The Morgan fingerprint density at radius 1 is 0.833 bits per heavy atom. The SMILES string of the molecule is CC/C=C/CCCCCCCCCCCCCCCC[C@@]1(C)OC(=O)[C@@H](CO)[C@@H]1O. The minimum atomic E-state index is -0.891. The Morgan fingerprint density at radius 2 is 1.30 bits per heavy atom. The van der Waals surface area contributed by atoms with Gasteiger partial charge in [-0.25, -0.2) is 0 Å². The van der Waals surface area contributed by atoms with Crippen LogP contribution in [0.5, 0.6) is 0 Å². The van der Waals surface area contributed by atoms with Gasteiger partial charge in [0.2, 0.25) is 0 Å². The van der Waals surface area contributed by atoms with Crippen LogP contribution in [0.1, 0.15) is 123 Å². The van der Waals surface area contributed by atoms with Gasteiger partial charge in [0, 0.05) is 0 Å². The molecule has 0 spiro atoms. The molecule has 0 saturated carbocycles. The van der Waals surface area contributed by atoms with E-state index in [1.165, 1.54) is 83.5 Å². The molecular weight excluding hydrogens is 376 g/mol. The van der Waals surface area contributed by atoms with Crippen molar-refractivity contribution in [1.82, 2.24) is 0 Å². The summed E-state index contributed by atoms with van der Waals surface area (Å²) in [5, 5.41) is 19.4. The number of unbranched alkanes of at least 4 members (excludes halogenated alkanes) is 14. The van der Waals surface area contributed by atoms with Crippen LogP contribution >= 0.6 is 0 Å². The summed E-state index contributed by atoms with van der Waals surface area (Å²) in [6.07, 6.45) is 25.1. The summed E-state index contributed by atoms with van der Waals surface area (Å²) < 4.78 is 5.35. The fourth-order valence-electron chi connectivity index (χ4n) is 4.44. The first kappa shape index (κ1) is 27.2. The second-order valence-electron chi connectivity index (χ2n) is 9.34. The van der Waals surface area contributed by atoms with Crippen LogP contribution in [0, 0.1) is 5.92 Å². The summed E-state index contributed by atoms with van der Waals surface area (Å²) in [4.78, 5) is 11.7. The molecule has 1 saturated heterocycles. The summed E-state index contributed by atoms with van der Waals surface area (Å²) in [5.41, 5.74) is -0.823. The Bertz CT molecular complexity index is 462. The number of cyclic esters (lactones) is 1. The van der Waals surface area contributed by atoms with Gasteiger partial charge in [0.25, 0.3) is 0 Å². The minimum absolute atomic E-state index is 0.341. The highest BCUT2D eigenvalue weighted by atomic mass is 16.6. The third kappa shape index (κ3) is 10.9. The van der Waals surface area contributed by atoms with Gasteiger partial charge in [-0.05, 0) is 39.0 Å². The van der Waals surface area contributed by atoms with Crippen LogP contribution in [0.15, 0.2) is 12.2 Å². The number of aliphatic hydroxyl groups is 2. The molecule has 1 aliphatic rings. The summed E-state index contributed by atoms with van der Waals surface area (Å²) in [5.74, 6) is -1.24. The van der Waals surface area contributed by atoms with Crippen LogP contribution in [-0.2, 0) is 9.53 Å². The van der Waals surface area contributed by atoms with E-state index in [1.54, 1.807) is 6.92 Å². The molecule has 0 bridgehead atoms. The molecule has 1 aliphatic heterocycles. The fourth-order valence-corrected chi connectivity index (χ4v) is 4.44. The average Bonchev–Trinajstić information content (AvgIpc) is 2.95. The van der Waals surface area contributed by atoms with Gasteiger partial charge in [-0.2, -0.15) is 0 Å². The molecule has 0 amide bonds. The second-order valence-corrected chi connectivity index (χ2v) is 9.34. The van der Waals surface area contributed by atoms with E-state index in [1.807, 2.05) is 0 Å². The molecule has 2 N–H and O–H groups in total. The van der Waals surface area contributed by atoms with E-state index in [4.69, 9.17) is 4.74 Å². The Morgan fingerprint density at radius 3 is 1.73 bits per heavy atom. The summed E-state index contributed by atoms with van der Waals surface area (Å²) in [6, 6.07) is 0. The van der Waals surface area contributed by atoms with Crippen molar-refractivity contribution in [2.24, 2.45) is 5.92 Å². The Hall–Kier alpha value is -0.870. The van der Waals surface area contributed by atoms with E-state index < -0.39 is 23.6 Å². The highest BCUT2D eigenvalue weighted by Gasteiger charge is 2.51. The van der Waals surface area contributed by atoms with Gasteiger partial charge >= 0.3 is 5.97 Å². The van der Waals surface area contributed by atoms with Crippen LogP contribution < -0.4 is 0 Å². The first-order chi connectivity index (χ1) is 14.5. The molecule has 3 atom stereocenters. The Labute approximate surface area is 185 Å². The first-order valence-electron chi connectivity index (χ1n) is 12.7.